The molecule has 3 aliphatic carbocycles. The molecule has 5 unspecified atom stereocenters. The summed E-state index contributed by atoms with van der Waals surface area (Å²) in [6.07, 6.45) is 10.9. The van der Waals surface area contributed by atoms with E-state index in [-0.39, 0.29) is 82.5 Å². The van der Waals surface area contributed by atoms with Gasteiger partial charge in [0.15, 0.2) is 5.82 Å². The molecule has 6 aliphatic rings. The number of hydrogen-bond donors (Lipinski definition) is 2. The normalized spacial score (nSPS) is 23.0. The molecule has 3 aromatic carbocycles. The number of rotatable bonds is 12. The molecule has 328 valence electrons. The van der Waals surface area contributed by atoms with E-state index in [1.807, 2.05) is 23.2 Å². The van der Waals surface area contributed by atoms with E-state index < -0.39 is 29.6 Å². The minimum absolute atomic E-state index is 0.0162. The van der Waals surface area contributed by atoms with Crippen molar-refractivity contribution in [3.63, 3.8) is 0 Å². The SMILES string of the molecule is N#CCCc1cc2c(nc(-c3cncc(NC4CCCC4)c3)c3cc(C4CC(OCc5c(F)cccc5F)CN4C(=O)C4CC4)n(C4C5CNC4C5)c32)c(F)c1-c1cccc(Cl)c1Cl. The van der Waals surface area contributed by atoms with Gasteiger partial charge in [0.1, 0.15) is 17.2 Å². The monoisotopic (exact) mass is 903 g/mol. The van der Waals surface area contributed by atoms with E-state index in [2.05, 4.69) is 32.3 Å². The average Bonchev–Trinajstić information content (AvgIpc) is 3.79. The first kappa shape index (κ1) is 41.5. The number of benzene rings is 3. The van der Waals surface area contributed by atoms with Crippen LogP contribution in [-0.2, 0) is 22.6 Å². The van der Waals surface area contributed by atoms with Gasteiger partial charge in [-0.1, -0.05) is 54.2 Å². The Kier molecular flexibility index (Phi) is 10.8. The van der Waals surface area contributed by atoms with Gasteiger partial charge in [-0.2, -0.15) is 5.26 Å². The zero-order valence-electron chi connectivity index (χ0n) is 35.0. The van der Waals surface area contributed by atoms with Crippen LogP contribution in [0.5, 0.6) is 0 Å². The van der Waals surface area contributed by atoms with Crippen molar-refractivity contribution in [1.82, 2.24) is 24.8 Å². The second-order valence-electron chi connectivity index (χ2n) is 18.3. The standard InChI is InChI=1S/C50H46Cl2F3N7O2/c51-37-10-3-9-33(44(37)52)43-27(6-5-15-56)17-34-47(45(43)55)60-46(28-16-31(23-57-21-28)59-30-7-1-2-8-30)35-20-42(62(49(34)35)48-29-18-40(48)58-22-29)41-19-32(24-61(41)50(63)26-13-14-26)64-25-36-38(53)11-4-12-39(36)54/h3-4,9-12,16-17,20-21,23,26,29-30,32,40-41,48,58-59H,1-2,5-8,13-14,18-19,22,24-25H2. The Hall–Kier alpha value is -5.19. The number of amides is 1. The molecule has 14 heteroatoms. The lowest BCUT2D eigenvalue weighted by Gasteiger charge is -2.39. The average molecular weight is 905 g/mol. The van der Waals surface area contributed by atoms with Gasteiger partial charge in [0.2, 0.25) is 5.91 Å². The van der Waals surface area contributed by atoms with Crippen molar-refractivity contribution >= 4 is 56.6 Å². The number of nitrogens with zero attached hydrogens (tertiary/aromatic N) is 5. The number of likely N-dealkylation sites (tertiary alicyclic amines) is 1. The first-order valence-electron chi connectivity index (χ1n) is 22.5. The molecule has 1 amide bonds. The Balaban J connectivity index is 1.15. The highest BCUT2D eigenvalue weighted by molar-refractivity contribution is 6.43. The van der Waals surface area contributed by atoms with E-state index in [0.717, 1.165) is 73.8 Å². The fourth-order valence-corrected chi connectivity index (χ4v) is 11.4. The maximum Gasteiger partial charge on any atom is 0.226 e. The summed E-state index contributed by atoms with van der Waals surface area (Å²) in [6.45, 7) is 0.800. The number of aromatic nitrogens is 3. The number of hydrogen-bond acceptors (Lipinski definition) is 7. The predicted molar refractivity (Wildman–Crippen MR) is 241 cm³/mol. The third-order valence-electron chi connectivity index (χ3n) is 14.3. The van der Waals surface area contributed by atoms with Gasteiger partial charge < -0.3 is 24.8 Å². The predicted octanol–water partition coefficient (Wildman–Crippen LogP) is 11.3. The summed E-state index contributed by atoms with van der Waals surface area (Å²) < 4.78 is 56.3. The number of pyridine rings is 2. The summed E-state index contributed by atoms with van der Waals surface area (Å²) >= 11 is 13.4. The van der Waals surface area contributed by atoms with Crippen molar-refractivity contribution in [2.45, 2.75) is 101 Å². The van der Waals surface area contributed by atoms with Gasteiger partial charge in [-0.3, -0.25) is 9.78 Å². The molecular weight excluding hydrogens is 858 g/mol. The molecule has 2 bridgehead atoms. The fraction of sp³-hybridized carbons (Fsp3) is 0.400. The molecule has 0 radical (unpaired) electrons. The Bertz CT molecular complexity index is 2860. The molecule has 3 saturated heterocycles. The second-order valence-corrected chi connectivity index (χ2v) is 19.1. The maximum absolute atomic E-state index is 18.0. The quantitative estimate of drug-likeness (QED) is 0.126. The Morgan fingerprint density at radius 3 is 2.52 bits per heavy atom. The van der Waals surface area contributed by atoms with Gasteiger partial charge in [-0.15, -0.1) is 0 Å². The van der Waals surface area contributed by atoms with E-state index >= 15 is 4.39 Å². The molecule has 0 spiro atoms. The zero-order valence-corrected chi connectivity index (χ0v) is 36.5. The first-order chi connectivity index (χ1) is 31.2. The van der Waals surface area contributed by atoms with Crippen LogP contribution in [0, 0.1) is 40.6 Å². The third kappa shape index (κ3) is 7.20. The fourth-order valence-electron chi connectivity index (χ4n) is 11.0. The van der Waals surface area contributed by atoms with E-state index in [9.17, 15) is 18.8 Å². The van der Waals surface area contributed by atoms with Gasteiger partial charge in [-0.25, -0.2) is 18.2 Å². The van der Waals surface area contributed by atoms with Crippen LogP contribution in [0.25, 0.3) is 44.2 Å². The number of carbonyl (C=O) groups excluding carboxylic acids is 1. The first-order valence-corrected chi connectivity index (χ1v) is 23.2. The van der Waals surface area contributed by atoms with Crippen molar-refractivity contribution in [1.29, 1.82) is 5.26 Å². The van der Waals surface area contributed by atoms with Crippen LogP contribution >= 0.6 is 23.2 Å². The molecule has 3 aliphatic heterocycles. The van der Waals surface area contributed by atoms with Gasteiger partial charge in [0, 0.05) is 95.0 Å². The topological polar surface area (TPSA) is 108 Å². The summed E-state index contributed by atoms with van der Waals surface area (Å²) in [7, 11) is 0. The maximum atomic E-state index is 18.0. The second kappa shape index (κ2) is 16.7. The lowest BCUT2D eigenvalue weighted by Crippen LogP contribution is -2.41. The minimum Gasteiger partial charge on any atom is -0.381 e. The van der Waals surface area contributed by atoms with Crippen LogP contribution in [-0.4, -0.2) is 56.6 Å². The highest BCUT2D eigenvalue weighted by atomic mass is 35.5. The van der Waals surface area contributed by atoms with Crippen molar-refractivity contribution in [3.05, 3.63) is 111 Å². The number of nitriles is 1. The molecular formula is C50H46Cl2F3N7O2. The molecule has 6 fully saturated rings. The van der Waals surface area contributed by atoms with Crippen molar-refractivity contribution < 1.29 is 22.7 Å². The number of aryl methyl sites for hydroxylation is 1. The number of ether oxygens (including phenoxy) is 1. The van der Waals surface area contributed by atoms with E-state index in [4.69, 9.17) is 32.9 Å². The van der Waals surface area contributed by atoms with Crippen molar-refractivity contribution in [3.8, 4) is 28.5 Å². The Morgan fingerprint density at radius 1 is 0.984 bits per heavy atom. The number of halogens is 5. The van der Waals surface area contributed by atoms with Gasteiger partial charge >= 0.3 is 0 Å². The van der Waals surface area contributed by atoms with Crippen LogP contribution in [0.3, 0.4) is 0 Å². The minimum atomic E-state index is -0.681. The molecule has 6 heterocycles. The van der Waals surface area contributed by atoms with Crippen molar-refractivity contribution in [2.24, 2.45) is 11.8 Å². The third-order valence-corrected chi connectivity index (χ3v) is 15.1. The number of nitrogens with one attached hydrogen (secondary N) is 2. The van der Waals surface area contributed by atoms with Crippen LogP contribution in [0.4, 0.5) is 18.9 Å². The van der Waals surface area contributed by atoms with Crippen LogP contribution < -0.4 is 10.6 Å². The summed E-state index contributed by atoms with van der Waals surface area (Å²) in [5.74, 6) is -1.72. The van der Waals surface area contributed by atoms with Gasteiger partial charge in [0.05, 0.1) is 57.8 Å². The van der Waals surface area contributed by atoms with E-state index in [0.29, 0.717) is 40.2 Å². The molecule has 12 rings (SSSR count). The lowest BCUT2D eigenvalue weighted by atomic mass is 9.79. The van der Waals surface area contributed by atoms with E-state index in [1.54, 1.807) is 24.4 Å². The summed E-state index contributed by atoms with van der Waals surface area (Å²) in [4.78, 5) is 26.2. The van der Waals surface area contributed by atoms with Crippen LogP contribution in [0.2, 0.25) is 10.0 Å². The van der Waals surface area contributed by atoms with Gasteiger partial charge in [0.25, 0.3) is 0 Å². The highest BCUT2D eigenvalue weighted by Crippen LogP contribution is 2.52. The molecule has 6 aromatic rings. The van der Waals surface area contributed by atoms with Gasteiger partial charge in [-0.05, 0) is 86.4 Å². The molecule has 3 aromatic heterocycles. The zero-order chi connectivity index (χ0) is 43.8. The number of anilines is 1. The molecule has 3 saturated carbocycles. The molecule has 9 nitrogen and oxygen atoms in total. The number of fused-ring (bicyclic) bond motifs is 4. The Labute approximate surface area is 378 Å². The van der Waals surface area contributed by atoms with Crippen molar-refractivity contribution in [2.75, 3.05) is 18.4 Å². The molecule has 2 N–H and O–H groups in total. The summed E-state index contributed by atoms with van der Waals surface area (Å²) in [6, 6.07) is 17.2. The highest BCUT2D eigenvalue weighted by Gasteiger charge is 2.51. The lowest BCUT2D eigenvalue weighted by molar-refractivity contribution is -0.134. The smallest absolute Gasteiger partial charge is 0.226 e. The molecule has 64 heavy (non-hydrogen) atoms. The number of carbonyl (C=O) groups is 1. The Morgan fingerprint density at radius 2 is 1.78 bits per heavy atom. The summed E-state index contributed by atoms with van der Waals surface area (Å²) in [5.41, 5.74) is 4.99. The largest absolute Gasteiger partial charge is 0.381 e. The van der Waals surface area contributed by atoms with Crippen LogP contribution in [0.1, 0.15) is 86.7 Å². The summed E-state index contributed by atoms with van der Waals surface area (Å²) in [5, 5.41) is 19.0. The van der Waals surface area contributed by atoms with Crippen LogP contribution in [0.15, 0.2) is 67.0 Å². The van der Waals surface area contributed by atoms with E-state index in [1.165, 1.54) is 18.2 Å². The molecule has 5 atom stereocenters.